The number of nitrogens with zero attached hydrogens (tertiary/aromatic N) is 3. The van der Waals surface area contributed by atoms with E-state index in [1.54, 1.807) is 24.3 Å². The molecular weight excluding hydrogens is 439 g/mol. The van der Waals surface area contributed by atoms with E-state index in [0.29, 0.717) is 43.6 Å². The number of benzene rings is 2. The maximum atomic E-state index is 14.1. The number of halogens is 3. The van der Waals surface area contributed by atoms with Crippen LogP contribution in [0, 0.1) is 17.5 Å². The zero-order valence-electron chi connectivity index (χ0n) is 19.4. The number of hydrogen-bond donors (Lipinski definition) is 2. The number of nitrogen functional groups attached to an aromatic ring is 1. The summed E-state index contributed by atoms with van der Waals surface area (Å²) in [6.45, 7) is 1.53. The van der Waals surface area contributed by atoms with Crippen molar-refractivity contribution in [3.63, 3.8) is 0 Å². The van der Waals surface area contributed by atoms with Gasteiger partial charge in [0.05, 0.1) is 16.6 Å². The van der Waals surface area contributed by atoms with Crippen molar-refractivity contribution in [2.75, 3.05) is 18.8 Å². The van der Waals surface area contributed by atoms with Crippen LogP contribution in [0.3, 0.4) is 0 Å². The van der Waals surface area contributed by atoms with E-state index in [1.807, 2.05) is 6.07 Å². The van der Waals surface area contributed by atoms with Gasteiger partial charge in [-0.25, -0.2) is 18.2 Å². The summed E-state index contributed by atoms with van der Waals surface area (Å²) in [5.41, 5.74) is 9.70. The zero-order valence-corrected chi connectivity index (χ0v) is 18.4. The molecule has 2 aromatic carbocycles. The quantitative estimate of drug-likeness (QED) is 0.461. The first-order chi connectivity index (χ1) is 16.8. The minimum Gasteiger partial charge on any atom is -0.381 e. The molecule has 2 aliphatic rings. The smallest absolute Gasteiger partial charge is 0.167 e. The zero-order chi connectivity index (χ0) is 24.3. The monoisotopic (exact) mass is 464 g/mol. The van der Waals surface area contributed by atoms with E-state index in [1.165, 1.54) is 24.3 Å². The molecule has 4 heterocycles. The molecule has 174 valence electrons. The van der Waals surface area contributed by atoms with E-state index < -0.39 is 17.9 Å². The van der Waals surface area contributed by atoms with Crippen LogP contribution in [0.2, 0.25) is 0 Å². The molecule has 34 heavy (non-hydrogen) atoms. The molecule has 1 spiro atoms. The highest BCUT2D eigenvalue weighted by Gasteiger charge is 2.49. The Morgan fingerprint density at radius 2 is 1.82 bits per heavy atom. The van der Waals surface area contributed by atoms with Gasteiger partial charge in [-0.05, 0) is 53.4 Å². The Balaban J connectivity index is 1.35. The molecule has 1 unspecified atom stereocenters. The van der Waals surface area contributed by atoms with Crippen LogP contribution in [0.4, 0.5) is 19.0 Å². The van der Waals surface area contributed by atoms with E-state index in [-0.39, 0.29) is 17.5 Å². The van der Waals surface area contributed by atoms with Crippen LogP contribution in [0.5, 0.6) is 0 Å². The Bertz CT molecular complexity index is 1380. The van der Waals surface area contributed by atoms with Gasteiger partial charge >= 0.3 is 0 Å². The summed E-state index contributed by atoms with van der Waals surface area (Å²) in [5.74, 6) is -1.32. The van der Waals surface area contributed by atoms with Crippen molar-refractivity contribution in [1.82, 2.24) is 19.8 Å². The van der Waals surface area contributed by atoms with E-state index in [2.05, 4.69) is 19.8 Å². The lowest BCUT2D eigenvalue weighted by Gasteiger charge is -2.36. The highest BCUT2D eigenvalue weighted by molar-refractivity contribution is 5.78. The summed E-state index contributed by atoms with van der Waals surface area (Å²) in [4.78, 5) is 11.6. The number of nitrogens with two attached hydrogens (primary N) is 1. The van der Waals surface area contributed by atoms with Crippen LogP contribution in [0.15, 0.2) is 54.6 Å². The fraction of sp³-hybridized carbons (Fsp3) is 0.269. The third-order valence-electron chi connectivity index (χ3n) is 6.93. The molecule has 4 aromatic rings. The topological polar surface area (TPSA) is 61.2 Å². The number of likely N-dealkylation sites (tertiary alicyclic amines) is 1. The molecule has 6 rings (SSSR count). The van der Waals surface area contributed by atoms with Gasteiger partial charge in [0.25, 0.3) is 0 Å². The van der Waals surface area contributed by atoms with Crippen molar-refractivity contribution in [1.29, 1.82) is 0 Å². The second-order valence-electron chi connectivity index (χ2n) is 9.14. The number of nitrogens with one attached hydrogen (secondary N) is 1. The summed E-state index contributed by atoms with van der Waals surface area (Å²) in [5, 5.41) is 0. The maximum absolute atomic E-state index is 14.1. The lowest BCUT2D eigenvalue weighted by Crippen LogP contribution is -2.43. The molecule has 0 aliphatic carbocycles. The van der Waals surface area contributed by atoms with Gasteiger partial charge in [0.15, 0.2) is 11.6 Å². The number of hydrogen-bond acceptors (Lipinski definition) is 4. The average Bonchev–Trinajstić information content (AvgIpc) is 3.46. The second-order valence-corrected chi connectivity index (χ2v) is 9.14. The number of aromatic nitrogens is 2. The Hall–Kier alpha value is -3.36. The largest absolute Gasteiger partial charge is 0.381 e. The van der Waals surface area contributed by atoms with Gasteiger partial charge in [0.1, 0.15) is 11.6 Å². The van der Waals surface area contributed by atoms with Crippen LogP contribution in [0.1, 0.15) is 30.2 Å². The minimum atomic E-state index is -0.641. The third-order valence-corrected chi connectivity index (χ3v) is 6.93. The molecule has 0 radical (unpaired) electrons. The van der Waals surface area contributed by atoms with Crippen molar-refractivity contribution < 1.29 is 14.5 Å². The standard InChI is InChI=1S/C26H24F3N5/c27-18-3-1-16(2-4-18)12-33-8-7-26(15-33)21-6-5-19(28)9-17(21)13-34(26)14-20-10-23-24(31-20)11-22(29)25(30)32-23/h1-6,9-11,31H,7-8,12-15H2,(H2,30,32)/i15D/t15-,26?/m0/s1. The summed E-state index contributed by atoms with van der Waals surface area (Å²) in [6.07, 6.45) is 0.695. The number of anilines is 1. The van der Waals surface area contributed by atoms with E-state index in [4.69, 9.17) is 5.73 Å². The minimum absolute atomic E-state index is 0.151. The van der Waals surface area contributed by atoms with Gasteiger partial charge in [-0.15, -0.1) is 0 Å². The Labute approximate surface area is 196 Å². The molecule has 0 saturated carbocycles. The fourth-order valence-corrected chi connectivity index (χ4v) is 5.36. The molecule has 0 bridgehead atoms. The lowest BCUT2D eigenvalue weighted by atomic mass is 9.88. The van der Waals surface area contributed by atoms with Gasteiger partial charge in [0, 0.05) is 45.8 Å². The molecule has 8 heteroatoms. The molecular formula is C26H24F3N5. The van der Waals surface area contributed by atoms with Crippen LogP contribution >= 0.6 is 0 Å². The van der Waals surface area contributed by atoms with Gasteiger partial charge in [-0.1, -0.05) is 18.2 Å². The van der Waals surface area contributed by atoms with Gasteiger partial charge in [-0.3, -0.25) is 9.80 Å². The fourth-order valence-electron chi connectivity index (χ4n) is 5.36. The summed E-state index contributed by atoms with van der Waals surface area (Å²) in [6, 6.07) is 14.3. The second kappa shape index (κ2) is 7.85. The molecule has 5 nitrogen and oxygen atoms in total. The molecule has 2 atom stereocenters. The van der Waals surface area contributed by atoms with Gasteiger partial charge < -0.3 is 10.7 Å². The Kier molecular flexibility index (Phi) is 4.63. The van der Waals surface area contributed by atoms with Crippen molar-refractivity contribution in [2.45, 2.75) is 31.6 Å². The van der Waals surface area contributed by atoms with Crippen molar-refractivity contribution >= 4 is 16.9 Å². The van der Waals surface area contributed by atoms with Crippen molar-refractivity contribution in [3.8, 4) is 0 Å². The van der Waals surface area contributed by atoms with Gasteiger partial charge in [-0.2, -0.15) is 0 Å². The summed E-state index contributed by atoms with van der Waals surface area (Å²) >= 11 is 0. The summed E-state index contributed by atoms with van der Waals surface area (Å²) < 4.78 is 50.7. The van der Waals surface area contributed by atoms with Crippen molar-refractivity contribution in [2.24, 2.45) is 0 Å². The summed E-state index contributed by atoms with van der Waals surface area (Å²) in [7, 11) is 0. The van der Waals surface area contributed by atoms with E-state index in [9.17, 15) is 14.5 Å². The molecule has 1 fully saturated rings. The first-order valence-electron chi connectivity index (χ1n) is 11.8. The Morgan fingerprint density at radius 3 is 2.65 bits per heavy atom. The molecule has 3 N–H and O–H groups in total. The van der Waals surface area contributed by atoms with E-state index in [0.717, 1.165) is 22.4 Å². The van der Waals surface area contributed by atoms with Crippen LogP contribution < -0.4 is 5.73 Å². The predicted octanol–water partition coefficient (Wildman–Crippen LogP) is 4.68. The molecule has 2 aliphatic heterocycles. The first kappa shape index (κ1) is 20.1. The molecule has 2 aromatic heterocycles. The van der Waals surface area contributed by atoms with Crippen LogP contribution in [-0.4, -0.2) is 32.8 Å². The predicted molar refractivity (Wildman–Crippen MR) is 124 cm³/mol. The number of rotatable bonds is 4. The molecule has 1 saturated heterocycles. The third kappa shape index (κ3) is 3.54. The number of H-pyrrole nitrogens is 1. The number of aromatic amines is 1. The first-order valence-corrected chi connectivity index (χ1v) is 11.2. The number of pyridine rings is 1. The van der Waals surface area contributed by atoms with Crippen molar-refractivity contribution in [3.05, 3.63) is 94.4 Å². The lowest BCUT2D eigenvalue weighted by molar-refractivity contribution is 0.0951. The Morgan fingerprint density at radius 1 is 1.03 bits per heavy atom. The SMILES string of the molecule is [2H][C@@H]1N(Cc2ccc(F)cc2)CCC12c1ccc(F)cc1CN2Cc1cc2nc(N)c(F)cc2[nH]1. The average molecular weight is 465 g/mol. The normalized spacial score (nSPS) is 23.1. The van der Waals surface area contributed by atoms with Gasteiger partial charge in [0.2, 0.25) is 0 Å². The highest BCUT2D eigenvalue weighted by atomic mass is 19.1. The highest BCUT2D eigenvalue weighted by Crippen LogP contribution is 2.47. The van der Waals surface area contributed by atoms with Crippen LogP contribution in [-0.2, 0) is 25.2 Å². The number of fused-ring (bicyclic) bond motifs is 3. The molecule has 0 amide bonds. The maximum Gasteiger partial charge on any atom is 0.167 e. The van der Waals surface area contributed by atoms with Crippen LogP contribution in [0.25, 0.3) is 11.0 Å². The van der Waals surface area contributed by atoms with E-state index >= 15 is 0 Å².